The molecule has 1 aromatic heterocycles. The van der Waals surface area contributed by atoms with Gasteiger partial charge in [0.2, 0.25) is 5.91 Å². The van der Waals surface area contributed by atoms with Crippen molar-refractivity contribution in [3.63, 3.8) is 0 Å². The Kier molecular flexibility index (Phi) is 7.55. The van der Waals surface area contributed by atoms with Crippen LogP contribution in [0.15, 0.2) is 18.3 Å². The van der Waals surface area contributed by atoms with Crippen molar-refractivity contribution in [2.45, 2.75) is 32.7 Å². The van der Waals surface area contributed by atoms with Gasteiger partial charge in [0.05, 0.1) is 6.04 Å². The maximum atomic E-state index is 12.4. The van der Waals surface area contributed by atoms with Gasteiger partial charge in [-0.1, -0.05) is 13.8 Å². The van der Waals surface area contributed by atoms with Crippen molar-refractivity contribution >= 4 is 24.1 Å². The summed E-state index contributed by atoms with van der Waals surface area (Å²) in [5, 5.41) is 8.05. The molecule has 0 spiro atoms. The standard InChI is InChI=1S/C15H25N5O.ClH/c1-12(2)11-13(16)15(21)20-8-4-7-19(9-10-20)14-5-3-6-17-18-14;/h3,5-6,12-13H,4,7-11,16H2,1-2H3;1H/t13-;/m0./s1. The van der Waals surface area contributed by atoms with Crippen molar-refractivity contribution in [3.05, 3.63) is 18.3 Å². The highest BCUT2D eigenvalue weighted by atomic mass is 35.5. The van der Waals surface area contributed by atoms with Crippen LogP contribution in [0.1, 0.15) is 26.7 Å². The highest BCUT2D eigenvalue weighted by Gasteiger charge is 2.24. The topological polar surface area (TPSA) is 75.4 Å². The molecule has 1 fully saturated rings. The van der Waals surface area contributed by atoms with E-state index in [1.165, 1.54) is 0 Å². The number of hydrogen-bond acceptors (Lipinski definition) is 5. The molecule has 1 amide bonds. The number of aromatic nitrogens is 2. The van der Waals surface area contributed by atoms with Crippen molar-refractivity contribution in [1.82, 2.24) is 15.1 Å². The summed E-state index contributed by atoms with van der Waals surface area (Å²) in [5.41, 5.74) is 6.02. The van der Waals surface area contributed by atoms with Crippen LogP contribution in [0.3, 0.4) is 0 Å². The Morgan fingerprint density at radius 3 is 2.73 bits per heavy atom. The molecule has 22 heavy (non-hydrogen) atoms. The lowest BCUT2D eigenvalue weighted by Gasteiger charge is -2.25. The monoisotopic (exact) mass is 327 g/mol. The van der Waals surface area contributed by atoms with Crippen molar-refractivity contribution in [2.24, 2.45) is 11.7 Å². The van der Waals surface area contributed by atoms with E-state index in [0.717, 1.165) is 38.3 Å². The Labute approximate surface area is 138 Å². The molecular formula is C15H26ClN5O. The van der Waals surface area contributed by atoms with Crippen molar-refractivity contribution in [1.29, 1.82) is 0 Å². The van der Waals surface area contributed by atoms with E-state index in [2.05, 4.69) is 28.9 Å². The van der Waals surface area contributed by atoms with Gasteiger partial charge in [0.15, 0.2) is 5.82 Å². The number of anilines is 1. The third kappa shape index (κ3) is 5.10. The summed E-state index contributed by atoms with van der Waals surface area (Å²) in [6, 6.07) is 3.46. The normalized spacial score (nSPS) is 16.9. The van der Waals surface area contributed by atoms with Gasteiger partial charge < -0.3 is 15.5 Å². The summed E-state index contributed by atoms with van der Waals surface area (Å²) in [4.78, 5) is 16.5. The predicted molar refractivity (Wildman–Crippen MR) is 90.1 cm³/mol. The molecule has 1 aliphatic heterocycles. The molecule has 7 heteroatoms. The van der Waals surface area contributed by atoms with Crippen LogP contribution < -0.4 is 10.6 Å². The molecule has 2 heterocycles. The van der Waals surface area contributed by atoms with Gasteiger partial charge >= 0.3 is 0 Å². The van der Waals surface area contributed by atoms with Gasteiger partial charge in [0.25, 0.3) is 0 Å². The fourth-order valence-electron chi connectivity index (χ4n) is 2.67. The summed E-state index contributed by atoms with van der Waals surface area (Å²) in [5.74, 6) is 1.38. The number of carbonyl (C=O) groups is 1. The summed E-state index contributed by atoms with van der Waals surface area (Å²) in [6.45, 7) is 7.31. The molecule has 1 aliphatic rings. The molecule has 1 saturated heterocycles. The zero-order valence-electron chi connectivity index (χ0n) is 13.3. The van der Waals surface area contributed by atoms with Crippen molar-refractivity contribution < 1.29 is 4.79 Å². The maximum absolute atomic E-state index is 12.4. The van der Waals surface area contributed by atoms with E-state index < -0.39 is 0 Å². The summed E-state index contributed by atoms with van der Waals surface area (Å²) < 4.78 is 0. The molecule has 0 aromatic carbocycles. The van der Waals surface area contributed by atoms with Gasteiger partial charge in [-0.15, -0.1) is 17.5 Å². The molecule has 0 aliphatic carbocycles. The average Bonchev–Trinajstić information content (AvgIpc) is 2.72. The third-order valence-corrected chi connectivity index (χ3v) is 3.73. The quantitative estimate of drug-likeness (QED) is 0.902. The van der Waals surface area contributed by atoms with Crippen molar-refractivity contribution in [2.75, 3.05) is 31.1 Å². The van der Waals surface area contributed by atoms with Crippen molar-refractivity contribution in [3.8, 4) is 0 Å². The summed E-state index contributed by atoms with van der Waals surface area (Å²) >= 11 is 0. The van der Waals surface area contributed by atoms with Gasteiger partial charge in [-0.2, -0.15) is 5.10 Å². The van der Waals surface area contributed by atoms with E-state index in [0.29, 0.717) is 12.5 Å². The molecule has 2 N–H and O–H groups in total. The van der Waals surface area contributed by atoms with E-state index >= 15 is 0 Å². The first-order chi connectivity index (χ1) is 10.1. The molecule has 0 radical (unpaired) electrons. The second-order valence-electron chi connectivity index (χ2n) is 5.98. The number of amides is 1. The number of nitrogens with two attached hydrogens (primary N) is 1. The minimum absolute atomic E-state index is 0. The minimum Gasteiger partial charge on any atom is -0.353 e. The van der Waals surface area contributed by atoms with Gasteiger partial charge in [-0.05, 0) is 30.9 Å². The lowest BCUT2D eigenvalue weighted by Crippen LogP contribution is -2.45. The first-order valence-electron chi connectivity index (χ1n) is 7.65. The number of carbonyl (C=O) groups excluding carboxylic acids is 1. The van der Waals surface area contributed by atoms with E-state index in [-0.39, 0.29) is 24.4 Å². The van der Waals surface area contributed by atoms with Crippen LogP contribution in [0.5, 0.6) is 0 Å². The number of hydrogen-bond donors (Lipinski definition) is 1. The molecule has 6 nitrogen and oxygen atoms in total. The SMILES string of the molecule is CC(C)C[C@H](N)C(=O)N1CCCN(c2cccnn2)CC1.Cl. The molecule has 124 valence electrons. The lowest BCUT2D eigenvalue weighted by molar-refractivity contribution is -0.132. The maximum Gasteiger partial charge on any atom is 0.239 e. The summed E-state index contributed by atoms with van der Waals surface area (Å²) in [6.07, 6.45) is 3.34. The Balaban J connectivity index is 0.00000242. The molecule has 1 aromatic rings. The molecule has 1 atom stereocenters. The van der Waals surface area contributed by atoms with Crippen LogP contribution in [0.25, 0.3) is 0 Å². The fraction of sp³-hybridized carbons (Fsp3) is 0.667. The number of halogens is 1. The largest absolute Gasteiger partial charge is 0.353 e. The fourth-order valence-corrected chi connectivity index (χ4v) is 2.67. The first kappa shape index (κ1) is 18.6. The Bertz CT molecular complexity index is 457. The third-order valence-electron chi connectivity index (χ3n) is 3.73. The average molecular weight is 328 g/mol. The smallest absolute Gasteiger partial charge is 0.239 e. The van der Waals surface area contributed by atoms with E-state index in [4.69, 9.17) is 5.73 Å². The minimum atomic E-state index is -0.381. The van der Waals surface area contributed by atoms with Gasteiger partial charge in [0, 0.05) is 32.4 Å². The molecular weight excluding hydrogens is 302 g/mol. The zero-order valence-corrected chi connectivity index (χ0v) is 14.1. The van der Waals surface area contributed by atoms with Gasteiger partial charge in [-0.3, -0.25) is 4.79 Å². The second-order valence-corrected chi connectivity index (χ2v) is 5.98. The van der Waals surface area contributed by atoms with Crippen LogP contribution >= 0.6 is 12.4 Å². The lowest BCUT2D eigenvalue weighted by atomic mass is 10.0. The molecule has 0 unspecified atom stereocenters. The molecule has 0 saturated carbocycles. The number of nitrogens with zero attached hydrogens (tertiary/aromatic N) is 4. The number of rotatable bonds is 4. The highest BCUT2D eigenvalue weighted by molar-refractivity contribution is 5.85. The van der Waals surface area contributed by atoms with Gasteiger partial charge in [-0.25, -0.2) is 0 Å². The van der Waals surface area contributed by atoms with Crippen LogP contribution in [0, 0.1) is 5.92 Å². The summed E-state index contributed by atoms with van der Waals surface area (Å²) in [7, 11) is 0. The van der Waals surface area contributed by atoms with E-state index in [9.17, 15) is 4.79 Å². The first-order valence-corrected chi connectivity index (χ1v) is 7.65. The Hall–Kier alpha value is -1.40. The van der Waals surface area contributed by atoms with E-state index in [1.807, 2.05) is 17.0 Å². The van der Waals surface area contributed by atoms with Crippen LogP contribution in [0.2, 0.25) is 0 Å². The van der Waals surface area contributed by atoms with E-state index in [1.54, 1.807) is 6.20 Å². The van der Waals surface area contributed by atoms with Gasteiger partial charge in [0.1, 0.15) is 0 Å². The Morgan fingerprint density at radius 1 is 1.32 bits per heavy atom. The second kappa shape index (κ2) is 8.90. The van der Waals surface area contributed by atoms with Crippen LogP contribution in [-0.4, -0.2) is 53.2 Å². The predicted octanol–water partition coefficient (Wildman–Crippen LogP) is 1.31. The molecule has 0 bridgehead atoms. The van der Waals surface area contributed by atoms with Crippen LogP contribution in [-0.2, 0) is 4.79 Å². The van der Waals surface area contributed by atoms with Crippen LogP contribution in [0.4, 0.5) is 5.82 Å². The Morgan fingerprint density at radius 2 is 2.09 bits per heavy atom. The zero-order chi connectivity index (χ0) is 15.2. The highest BCUT2D eigenvalue weighted by Crippen LogP contribution is 2.13. The molecule has 2 rings (SSSR count).